The van der Waals surface area contributed by atoms with Gasteiger partial charge in [0.25, 0.3) is 0 Å². The third-order valence-electron chi connectivity index (χ3n) is 3.87. The van der Waals surface area contributed by atoms with Gasteiger partial charge in [-0.15, -0.1) is 0 Å². The molecule has 3 aromatic rings. The van der Waals surface area contributed by atoms with Gasteiger partial charge >= 0.3 is 0 Å². The molecule has 2 aromatic heterocycles. The Balaban J connectivity index is 1.53. The normalized spacial score (nSPS) is 12.1. The maximum atomic E-state index is 12.1. The van der Waals surface area contributed by atoms with E-state index >= 15 is 0 Å². The Bertz CT molecular complexity index is 902. The van der Waals surface area contributed by atoms with Crippen molar-refractivity contribution < 1.29 is 14.0 Å². The summed E-state index contributed by atoms with van der Waals surface area (Å²) in [7, 11) is 0. The summed E-state index contributed by atoms with van der Waals surface area (Å²) in [5.41, 5.74) is 1.92. The van der Waals surface area contributed by atoms with E-state index in [-0.39, 0.29) is 17.9 Å². The zero-order valence-electron chi connectivity index (χ0n) is 14.7. The Morgan fingerprint density at radius 3 is 2.88 bits per heavy atom. The van der Waals surface area contributed by atoms with Crippen molar-refractivity contribution in [1.29, 1.82) is 0 Å². The maximum absolute atomic E-state index is 12.1. The number of anilines is 1. The molecule has 0 aliphatic carbocycles. The van der Waals surface area contributed by atoms with Crippen molar-refractivity contribution in [1.82, 2.24) is 10.3 Å². The molecule has 0 fully saturated rings. The minimum absolute atomic E-state index is 0.0207. The first-order valence-corrected chi connectivity index (χ1v) is 9.30. The Morgan fingerprint density at radius 2 is 2.15 bits per heavy atom. The number of aromatic nitrogens is 1. The van der Waals surface area contributed by atoms with Gasteiger partial charge in [-0.25, -0.2) is 4.98 Å². The van der Waals surface area contributed by atoms with Crippen molar-refractivity contribution in [3.8, 4) is 0 Å². The predicted octanol–water partition coefficient (Wildman–Crippen LogP) is 3.53. The summed E-state index contributed by atoms with van der Waals surface area (Å²) in [5, 5.41) is 6.29. The molecule has 0 aliphatic heterocycles. The third kappa shape index (κ3) is 4.92. The molecule has 2 N–H and O–H groups in total. The number of aryl methyl sites for hydroxylation is 1. The highest BCUT2D eigenvalue weighted by Gasteiger charge is 2.11. The van der Waals surface area contributed by atoms with Gasteiger partial charge in [0.05, 0.1) is 16.5 Å². The summed E-state index contributed by atoms with van der Waals surface area (Å²) < 4.78 is 6.30. The summed E-state index contributed by atoms with van der Waals surface area (Å²) >= 11 is 1.43. The lowest BCUT2D eigenvalue weighted by Gasteiger charge is -2.12. The van der Waals surface area contributed by atoms with E-state index in [1.54, 1.807) is 6.26 Å². The van der Waals surface area contributed by atoms with E-state index in [0.29, 0.717) is 24.4 Å². The molecule has 0 spiro atoms. The highest BCUT2D eigenvalue weighted by atomic mass is 32.1. The zero-order valence-corrected chi connectivity index (χ0v) is 15.6. The van der Waals surface area contributed by atoms with Crippen LogP contribution in [0.3, 0.4) is 0 Å². The van der Waals surface area contributed by atoms with Crippen molar-refractivity contribution in [3.05, 3.63) is 47.9 Å². The first-order chi connectivity index (χ1) is 12.5. The molecule has 2 amide bonds. The van der Waals surface area contributed by atoms with Crippen molar-refractivity contribution in [2.45, 2.75) is 39.2 Å². The molecule has 1 aromatic carbocycles. The van der Waals surface area contributed by atoms with Crippen LogP contribution in [-0.4, -0.2) is 22.8 Å². The van der Waals surface area contributed by atoms with E-state index in [0.717, 1.165) is 21.5 Å². The van der Waals surface area contributed by atoms with Crippen LogP contribution in [0.25, 0.3) is 10.2 Å². The van der Waals surface area contributed by atoms with E-state index < -0.39 is 0 Å². The Hall–Kier alpha value is -2.67. The second-order valence-electron chi connectivity index (χ2n) is 6.25. The van der Waals surface area contributed by atoms with Crippen molar-refractivity contribution >= 4 is 38.5 Å². The van der Waals surface area contributed by atoms with Crippen LogP contribution in [0.4, 0.5) is 5.13 Å². The van der Waals surface area contributed by atoms with Gasteiger partial charge in [0.1, 0.15) is 5.76 Å². The average Bonchev–Trinajstić information content (AvgIpc) is 3.20. The first kappa shape index (κ1) is 18.1. The van der Waals surface area contributed by atoms with E-state index in [1.165, 1.54) is 18.3 Å². The molecule has 6 nitrogen and oxygen atoms in total. The van der Waals surface area contributed by atoms with Crippen LogP contribution in [0.1, 0.15) is 31.6 Å². The van der Waals surface area contributed by atoms with Gasteiger partial charge in [-0.1, -0.05) is 17.4 Å². The number of carbonyl (C=O) groups is 2. The minimum atomic E-state index is -0.135. The van der Waals surface area contributed by atoms with Gasteiger partial charge < -0.3 is 15.1 Å². The van der Waals surface area contributed by atoms with Gasteiger partial charge in [-0.05, 0) is 43.2 Å². The third-order valence-corrected chi connectivity index (χ3v) is 4.81. The highest BCUT2D eigenvalue weighted by molar-refractivity contribution is 7.22. The number of carbonyl (C=O) groups excluding carboxylic acids is 2. The molecule has 0 aliphatic rings. The number of thiazole rings is 1. The van der Waals surface area contributed by atoms with Crippen molar-refractivity contribution in [2.75, 3.05) is 5.32 Å². The molecule has 26 heavy (non-hydrogen) atoms. The minimum Gasteiger partial charge on any atom is -0.469 e. The van der Waals surface area contributed by atoms with Crippen LogP contribution in [0.5, 0.6) is 0 Å². The maximum Gasteiger partial charge on any atom is 0.223 e. The molecule has 0 saturated heterocycles. The fourth-order valence-corrected chi connectivity index (χ4v) is 3.69. The Labute approximate surface area is 155 Å². The van der Waals surface area contributed by atoms with Crippen LogP contribution in [0, 0.1) is 0 Å². The Morgan fingerprint density at radius 1 is 1.31 bits per heavy atom. The summed E-state index contributed by atoms with van der Waals surface area (Å²) in [6, 6.07) is 9.69. The van der Waals surface area contributed by atoms with Crippen molar-refractivity contribution in [2.24, 2.45) is 0 Å². The number of amides is 2. The van der Waals surface area contributed by atoms with Gasteiger partial charge in [0.2, 0.25) is 11.8 Å². The molecule has 7 heteroatoms. The predicted molar refractivity (Wildman–Crippen MR) is 102 cm³/mol. The number of nitrogens with one attached hydrogen (secondary N) is 2. The van der Waals surface area contributed by atoms with Crippen LogP contribution >= 0.6 is 11.3 Å². The number of nitrogens with zero attached hydrogens (tertiary/aromatic N) is 1. The number of benzene rings is 1. The topological polar surface area (TPSA) is 84.2 Å². The molecule has 2 heterocycles. The molecule has 136 valence electrons. The summed E-state index contributed by atoms with van der Waals surface area (Å²) in [6.45, 7) is 3.43. The van der Waals surface area contributed by atoms with Gasteiger partial charge in [-0.3, -0.25) is 9.59 Å². The lowest BCUT2D eigenvalue weighted by atomic mass is 10.1. The van der Waals surface area contributed by atoms with Gasteiger partial charge in [-0.2, -0.15) is 0 Å². The quantitative estimate of drug-likeness (QED) is 0.665. The summed E-state index contributed by atoms with van der Waals surface area (Å²) in [4.78, 5) is 27.6. The molecular weight excluding hydrogens is 350 g/mol. The van der Waals surface area contributed by atoms with E-state index in [9.17, 15) is 9.59 Å². The van der Waals surface area contributed by atoms with Crippen LogP contribution < -0.4 is 10.6 Å². The van der Waals surface area contributed by atoms with Crippen LogP contribution in [0.15, 0.2) is 41.0 Å². The van der Waals surface area contributed by atoms with Crippen LogP contribution in [0.2, 0.25) is 0 Å². The molecule has 0 bridgehead atoms. The van der Waals surface area contributed by atoms with Crippen molar-refractivity contribution in [3.63, 3.8) is 0 Å². The van der Waals surface area contributed by atoms with Gasteiger partial charge in [0, 0.05) is 25.8 Å². The Kier molecular flexibility index (Phi) is 5.68. The number of hydrogen-bond acceptors (Lipinski definition) is 5. The molecule has 3 rings (SSSR count). The fraction of sp³-hybridized carbons (Fsp3) is 0.316. The number of rotatable bonds is 7. The average molecular weight is 371 g/mol. The van der Waals surface area contributed by atoms with E-state index in [1.807, 2.05) is 37.3 Å². The molecule has 1 atom stereocenters. The highest BCUT2D eigenvalue weighted by Crippen LogP contribution is 2.27. The van der Waals surface area contributed by atoms with Gasteiger partial charge in [0.15, 0.2) is 5.13 Å². The lowest BCUT2D eigenvalue weighted by Crippen LogP contribution is -2.34. The smallest absolute Gasteiger partial charge is 0.223 e. The second kappa shape index (κ2) is 8.14. The number of fused-ring (bicyclic) bond motifs is 1. The first-order valence-electron chi connectivity index (χ1n) is 8.48. The second-order valence-corrected chi connectivity index (χ2v) is 7.28. The molecule has 0 saturated carbocycles. The molecule has 0 radical (unpaired) electrons. The largest absolute Gasteiger partial charge is 0.469 e. The summed E-state index contributed by atoms with van der Waals surface area (Å²) in [5.74, 6) is 0.750. The number of hydrogen-bond donors (Lipinski definition) is 2. The van der Waals surface area contributed by atoms with Crippen LogP contribution in [-0.2, 0) is 22.4 Å². The van der Waals surface area contributed by atoms with E-state index in [4.69, 9.17) is 4.42 Å². The molecule has 1 unspecified atom stereocenters. The molecular formula is C19H21N3O3S. The van der Waals surface area contributed by atoms with E-state index in [2.05, 4.69) is 15.6 Å². The zero-order chi connectivity index (χ0) is 18.5. The number of furan rings is 1. The SMILES string of the molecule is CC(=O)Nc1nc2ccc(CCC(=O)NC(C)Cc3ccco3)cc2s1. The standard InChI is InChI=1S/C19H21N3O3S/c1-12(10-15-4-3-9-25-15)20-18(24)8-6-14-5-7-16-17(11-14)26-19(22-16)21-13(2)23/h3-5,7,9,11-12H,6,8,10H2,1-2H3,(H,20,24)(H,21,22,23). The monoisotopic (exact) mass is 371 g/mol. The lowest BCUT2D eigenvalue weighted by molar-refractivity contribution is -0.121. The summed E-state index contributed by atoms with van der Waals surface area (Å²) in [6.07, 6.45) is 3.39. The fourth-order valence-electron chi connectivity index (χ4n) is 2.71.